The second kappa shape index (κ2) is 8.97. The molecule has 1 fully saturated rings. The fraction of sp³-hybridized carbons (Fsp3) is 0.632. The van der Waals surface area contributed by atoms with E-state index in [1.165, 1.54) is 4.31 Å². The minimum atomic E-state index is -3.51. The number of amides is 1. The van der Waals surface area contributed by atoms with Crippen molar-refractivity contribution in [3.63, 3.8) is 0 Å². The molecule has 1 saturated heterocycles. The van der Waals surface area contributed by atoms with Gasteiger partial charge >= 0.3 is 0 Å². The molecule has 0 spiro atoms. The van der Waals surface area contributed by atoms with E-state index in [-0.39, 0.29) is 22.9 Å². The van der Waals surface area contributed by atoms with Crippen molar-refractivity contribution < 1.29 is 13.2 Å². The van der Waals surface area contributed by atoms with Crippen LogP contribution in [0.2, 0.25) is 0 Å². The van der Waals surface area contributed by atoms with Gasteiger partial charge in [0.2, 0.25) is 10.0 Å². The molecule has 2 unspecified atom stereocenters. The number of nitrogens with one attached hydrogen (secondary N) is 1. The molecular weight excluding hydrogens is 350 g/mol. The van der Waals surface area contributed by atoms with Crippen LogP contribution < -0.4 is 5.32 Å². The second-order valence-electron chi connectivity index (χ2n) is 6.91. The van der Waals surface area contributed by atoms with E-state index in [2.05, 4.69) is 12.2 Å². The van der Waals surface area contributed by atoms with Crippen LogP contribution in [0.5, 0.6) is 0 Å². The first kappa shape index (κ1) is 20.9. The Morgan fingerprint density at radius 3 is 2.27 bits per heavy atom. The number of nitrogens with zero attached hydrogens (tertiary/aromatic N) is 2. The second-order valence-corrected chi connectivity index (χ2v) is 8.85. The third-order valence-corrected chi connectivity index (χ3v) is 6.89. The van der Waals surface area contributed by atoms with Crippen LogP contribution in [0.15, 0.2) is 29.2 Å². The summed E-state index contributed by atoms with van der Waals surface area (Å²) in [5.74, 6) is -0.0474. The Hall–Kier alpha value is -1.44. The van der Waals surface area contributed by atoms with E-state index in [4.69, 9.17) is 0 Å². The zero-order valence-corrected chi connectivity index (χ0v) is 17.1. The SMILES string of the molecule is CCCN(CCC)S(=O)(=O)c1ccc(C(=O)N2CCNC(C)C2C)cc1. The number of benzene rings is 1. The highest BCUT2D eigenvalue weighted by molar-refractivity contribution is 7.89. The topological polar surface area (TPSA) is 69.7 Å². The van der Waals surface area contributed by atoms with Crippen LogP contribution in [0.4, 0.5) is 0 Å². The van der Waals surface area contributed by atoms with E-state index in [9.17, 15) is 13.2 Å². The van der Waals surface area contributed by atoms with Gasteiger partial charge in [0.1, 0.15) is 0 Å². The summed E-state index contributed by atoms with van der Waals surface area (Å²) in [5, 5.41) is 3.35. The molecule has 0 aliphatic carbocycles. The number of hydrogen-bond acceptors (Lipinski definition) is 4. The van der Waals surface area contributed by atoms with Gasteiger partial charge in [0.05, 0.1) is 4.90 Å². The van der Waals surface area contributed by atoms with Crippen molar-refractivity contribution in [2.45, 2.75) is 57.5 Å². The van der Waals surface area contributed by atoms with Gasteiger partial charge in [0.25, 0.3) is 5.91 Å². The minimum absolute atomic E-state index is 0.0474. The van der Waals surface area contributed by atoms with E-state index < -0.39 is 10.0 Å². The summed E-state index contributed by atoms with van der Waals surface area (Å²) in [6.45, 7) is 10.5. The maximum absolute atomic E-state index is 12.8. The molecule has 1 amide bonds. The summed E-state index contributed by atoms with van der Waals surface area (Å²) in [5.41, 5.74) is 0.530. The molecule has 2 rings (SSSR count). The lowest BCUT2D eigenvalue weighted by Crippen LogP contribution is -2.57. The number of hydrogen-bond donors (Lipinski definition) is 1. The Balaban J connectivity index is 2.20. The predicted octanol–water partition coefficient (Wildman–Crippen LogP) is 2.32. The first-order chi connectivity index (χ1) is 12.3. The molecule has 0 radical (unpaired) electrons. The van der Waals surface area contributed by atoms with Crippen LogP contribution in [0.3, 0.4) is 0 Å². The number of carbonyl (C=O) groups excluding carboxylic acids is 1. The van der Waals surface area contributed by atoms with Crippen LogP contribution in [-0.2, 0) is 10.0 Å². The zero-order chi connectivity index (χ0) is 19.3. The van der Waals surface area contributed by atoms with Crippen LogP contribution in [0.25, 0.3) is 0 Å². The van der Waals surface area contributed by atoms with E-state index in [1.807, 2.05) is 25.7 Å². The predicted molar refractivity (Wildman–Crippen MR) is 104 cm³/mol. The molecule has 1 aromatic rings. The maximum Gasteiger partial charge on any atom is 0.254 e. The highest BCUT2D eigenvalue weighted by atomic mass is 32.2. The van der Waals surface area contributed by atoms with Gasteiger partial charge in [-0.15, -0.1) is 0 Å². The van der Waals surface area contributed by atoms with Crippen LogP contribution in [0, 0.1) is 0 Å². The normalized spacial score (nSPS) is 21.2. The third-order valence-electron chi connectivity index (χ3n) is 4.98. The zero-order valence-electron chi connectivity index (χ0n) is 16.2. The Labute approximate surface area is 157 Å². The van der Waals surface area contributed by atoms with E-state index >= 15 is 0 Å². The molecule has 7 heteroatoms. The minimum Gasteiger partial charge on any atom is -0.333 e. The number of sulfonamides is 1. The molecule has 6 nitrogen and oxygen atoms in total. The molecule has 1 aliphatic rings. The van der Waals surface area contributed by atoms with Crippen molar-refractivity contribution in [1.29, 1.82) is 0 Å². The van der Waals surface area contributed by atoms with Crippen LogP contribution in [-0.4, -0.2) is 61.8 Å². The fourth-order valence-corrected chi connectivity index (χ4v) is 4.90. The molecule has 1 N–H and O–H groups in total. The lowest BCUT2D eigenvalue weighted by atomic mass is 10.1. The van der Waals surface area contributed by atoms with Crippen molar-refractivity contribution >= 4 is 15.9 Å². The average molecular weight is 382 g/mol. The highest BCUT2D eigenvalue weighted by Gasteiger charge is 2.29. The lowest BCUT2D eigenvalue weighted by Gasteiger charge is -2.38. The Morgan fingerprint density at radius 2 is 1.73 bits per heavy atom. The van der Waals surface area contributed by atoms with Gasteiger partial charge in [0, 0.05) is 43.8 Å². The van der Waals surface area contributed by atoms with Crippen LogP contribution >= 0.6 is 0 Å². The number of rotatable bonds is 7. The van der Waals surface area contributed by atoms with E-state index in [0.29, 0.717) is 25.2 Å². The summed E-state index contributed by atoms with van der Waals surface area (Å²) < 4.78 is 27.1. The molecule has 0 saturated carbocycles. The van der Waals surface area contributed by atoms with Crippen LogP contribution in [0.1, 0.15) is 50.9 Å². The third kappa shape index (κ3) is 4.45. The molecular formula is C19H31N3O3S. The van der Waals surface area contributed by atoms with E-state index in [0.717, 1.165) is 19.4 Å². The Kier molecular flexibility index (Phi) is 7.20. The van der Waals surface area contributed by atoms with Gasteiger partial charge in [-0.3, -0.25) is 4.79 Å². The van der Waals surface area contributed by atoms with Crippen molar-refractivity contribution in [3.8, 4) is 0 Å². The molecule has 1 aromatic carbocycles. The number of piperazine rings is 1. The van der Waals surface area contributed by atoms with Crippen molar-refractivity contribution in [3.05, 3.63) is 29.8 Å². The van der Waals surface area contributed by atoms with Gasteiger partial charge in [0.15, 0.2) is 0 Å². The van der Waals surface area contributed by atoms with Crippen molar-refractivity contribution in [2.24, 2.45) is 0 Å². The van der Waals surface area contributed by atoms with E-state index in [1.54, 1.807) is 24.3 Å². The van der Waals surface area contributed by atoms with Gasteiger partial charge in [-0.25, -0.2) is 8.42 Å². The molecule has 26 heavy (non-hydrogen) atoms. The van der Waals surface area contributed by atoms with Gasteiger partial charge in [-0.05, 0) is 51.0 Å². The largest absolute Gasteiger partial charge is 0.333 e. The summed E-state index contributed by atoms with van der Waals surface area (Å²) in [7, 11) is -3.51. The first-order valence-electron chi connectivity index (χ1n) is 9.47. The Bertz CT molecular complexity index is 697. The standard InChI is InChI=1S/C19H31N3O3S/c1-5-12-21(13-6-2)26(24,25)18-9-7-17(8-10-18)19(23)22-14-11-20-15(3)16(22)4/h7-10,15-16,20H,5-6,11-14H2,1-4H3. The number of carbonyl (C=O) groups is 1. The van der Waals surface area contributed by atoms with Gasteiger partial charge in [-0.1, -0.05) is 13.8 Å². The lowest BCUT2D eigenvalue weighted by molar-refractivity contribution is 0.0603. The Morgan fingerprint density at radius 1 is 1.15 bits per heavy atom. The van der Waals surface area contributed by atoms with Crippen molar-refractivity contribution in [1.82, 2.24) is 14.5 Å². The fourth-order valence-electron chi connectivity index (χ4n) is 3.28. The summed E-state index contributed by atoms with van der Waals surface area (Å²) in [6, 6.07) is 6.71. The first-order valence-corrected chi connectivity index (χ1v) is 10.9. The highest BCUT2D eigenvalue weighted by Crippen LogP contribution is 2.19. The summed E-state index contributed by atoms with van der Waals surface area (Å²) in [6.07, 6.45) is 1.55. The quantitative estimate of drug-likeness (QED) is 0.787. The molecule has 0 aromatic heterocycles. The molecule has 1 heterocycles. The summed E-state index contributed by atoms with van der Waals surface area (Å²) in [4.78, 5) is 14.9. The molecule has 0 bridgehead atoms. The maximum atomic E-state index is 12.8. The van der Waals surface area contributed by atoms with Gasteiger partial charge in [-0.2, -0.15) is 4.31 Å². The molecule has 1 aliphatic heterocycles. The smallest absolute Gasteiger partial charge is 0.254 e. The van der Waals surface area contributed by atoms with Gasteiger partial charge < -0.3 is 10.2 Å². The molecule has 146 valence electrons. The van der Waals surface area contributed by atoms with Crippen molar-refractivity contribution in [2.75, 3.05) is 26.2 Å². The average Bonchev–Trinajstić information content (AvgIpc) is 2.63. The molecule has 2 atom stereocenters. The summed E-state index contributed by atoms with van der Waals surface area (Å²) >= 11 is 0. The monoisotopic (exact) mass is 381 g/mol.